The molecule has 1 aliphatic carbocycles. The van der Waals surface area contributed by atoms with Gasteiger partial charge in [0.25, 0.3) is 5.91 Å². The molecule has 0 aromatic carbocycles. The molecule has 0 saturated heterocycles. The monoisotopic (exact) mass is 186 g/mol. The summed E-state index contributed by atoms with van der Waals surface area (Å²) in [6.07, 6.45) is 0.888. The molecular formula is C8H14N2O3. The number of hydrogen-bond acceptors (Lipinski definition) is 3. The van der Waals surface area contributed by atoms with Crippen molar-refractivity contribution in [1.29, 1.82) is 0 Å². The van der Waals surface area contributed by atoms with Crippen molar-refractivity contribution in [3.8, 4) is 0 Å². The van der Waals surface area contributed by atoms with Crippen LogP contribution in [0.4, 0.5) is 0 Å². The quantitative estimate of drug-likeness (QED) is 0.416. The normalized spacial score (nSPS) is 27.6. The van der Waals surface area contributed by atoms with E-state index >= 15 is 0 Å². The standard InChI is InChI=1S/C8H14N2O3/c1-4-3-6(4)8(12)9-5(2)7(11)10-13/h4-6,13H,3H2,1-2H3,(H,9,12)(H,10,11). The Morgan fingerprint density at radius 1 is 1.54 bits per heavy atom. The molecule has 3 N–H and O–H groups in total. The van der Waals surface area contributed by atoms with E-state index in [4.69, 9.17) is 5.21 Å². The Morgan fingerprint density at radius 3 is 2.46 bits per heavy atom. The first-order valence-corrected chi connectivity index (χ1v) is 4.30. The van der Waals surface area contributed by atoms with E-state index in [0.717, 1.165) is 6.42 Å². The Morgan fingerprint density at radius 2 is 2.08 bits per heavy atom. The fourth-order valence-corrected chi connectivity index (χ4v) is 1.17. The SMILES string of the molecule is CC(NC(=O)C1CC1C)C(=O)NO. The first kappa shape index (κ1) is 9.98. The molecule has 5 heteroatoms. The third kappa shape index (κ3) is 2.42. The van der Waals surface area contributed by atoms with Crippen molar-refractivity contribution in [3.05, 3.63) is 0 Å². The molecule has 1 saturated carbocycles. The Kier molecular flexibility index (Phi) is 2.87. The van der Waals surface area contributed by atoms with Gasteiger partial charge in [-0.1, -0.05) is 6.92 Å². The second-order valence-electron chi connectivity index (χ2n) is 3.53. The van der Waals surface area contributed by atoms with Gasteiger partial charge < -0.3 is 5.32 Å². The van der Waals surface area contributed by atoms with Crippen molar-refractivity contribution in [2.75, 3.05) is 0 Å². The summed E-state index contributed by atoms with van der Waals surface area (Å²) in [4.78, 5) is 22.1. The van der Waals surface area contributed by atoms with Gasteiger partial charge in [-0.05, 0) is 19.3 Å². The van der Waals surface area contributed by atoms with Gasteiger partial charge in [0.15, 0.2) is 0 Å². The first-order chi connectivity index (χ1) is 6.06. The Balaban J connectivity index is 2.31. The lowest BCUT2D eigenvalue weighted by atomic mass is 10.2. The van der Waals surface area contributed by atoms with E-state index in [1.54, 1.807) is 0 Å². The van der Waals surface area contributed by atoms with Gasteiger partial charge in [-0.15, -0.1) is 0 Å². The van der Waals surface area contributed by atoms with Gasteiger partial charge in [-0.3, -0.25) is 14.8 Å². The van der Waals surface area contributed by atoms with E-state index < -0.39 is 11.9 Å². The van der Waals surface area contributed by atoms with Crippen LogP contribution in [0, 0.1) is 11.8 Å². The van der Waals surface area contributed by atoms with Crippen LogP contribution in [0.3, 0.4) is 0 Å². The average molecular weight is 186 g/mol. The van der Waals surface area contributed by atoms with Crippen molar-refractivity contribution in [3.63, 3.8) is 0 Å². The van der Waals surface area contributed by atoms with Crippen LogP contribution in [-0.2, 0) is 9.59 Å². The number of carbonyl (C=O) groups is 2. The summed E-state index contributed by atoms with van der Waals surface area (Å²) < 4.78 is 0. The smallest absolute Gasteiger partial charge is 0.265 e. The van der Waals surface area contributed by atoms with Crippen LogP contribution < -0.4 is 10.8 Å². The molecule has 2 amide bonds. The fourth-order valence-electron chi connectivity index (χ4n) is 1.17. The van der Waals surface area contributed by atoms with Crippen LogP contribution in [0.25, 0.3) is 0 Å². The van der Waals surface area contributed by atoms with Crippen LogP contribution >= 0.6 is 0 Å². The molecule has 0 aromatic rings. The molecule has 1 rings (SSSR count). The summed E-state index contributed by atoms with van der Waals surface area (Å²) in [6.45, 7) is 3.51. The predicted molar refractivity (Wildman–Crippen MR) is 44.8 cm³/mol. The zero-order valence-electron chi connectivity index (χ0n) is 7.70. The van der Waals surface area contributed by atoms with Crippen LogP contribution in [-0.4, -0.2) is 23.1 Å². The zero-order valence-corrected chi connectivity index (χ0v) is 7.70. The summed E-state index contributed by atoms with van der Waals surface area (Å²) >= 11 is 0. The molecular weight excluding hydrogens is 172 g/mol. The summed E-state index contributed by atoms with van der Waals surface area (Å²) in [5.41, 5.74) is 1.49. The van der Waals surface area contributed by atoms with Crippen LogP contribution in [0.1, 0.15) is 20.3 Å². The molecule has 0 aromatic heterocycles. The van der Waals surface area contributed by atoms with Gasteiger partial charge in [0, 0.05) is 5.92 Å². The van der Waals surface area contributed by atoms with Gasteiger partial charge in [0.1, 0.15) is 6.04 Å². The highest BCUT2D eigenvalue weighted by atomic mass is 16.5. The fraction of sp³-hybridized carbons (Fsp3) is 0.750. The van der Waals surface area contributed by atoms with Crippen molar-refractivity contribution < 1.29 is 14.8 Å². The van der Waals surface area contributed by atoms with E-state index in [0.29, 0.717) is 5.92 Å². The topological polar surface area (TPSA) is 78.4 Å². The van der Waals surface area contributed by atoms with E-state index in [9.17, 15) is 9.59 Å². The van der Waals surface area contributed by atoms with Crippen LogP contribution in [0.2, 0.25) is 0 Å². The van der Waals surface area contributed by atoms with Crippen molar-refractivity contribution >= 4 is 11.8 Å². The summed E-state index contributed by atoms with van der Waals surface area (Å²) in [5.74, 6) is -0.233. The second kappa shape index (κ2) is 3.74. The van der Waals surface area contributed by atoms with Gasteiger partial charge in [0.05, 0.1) is 0 Å². The molecule has 0 heterocycles. The number of nitrogens with one attached hydrogen (secondary N) is 2. The third-order valence-corrected chi connectivity index (χ3v) is 2.31. The van der Waals surface area contributed by atoms with Gasteiger partial charge in [0.2, 0.25) is 5.91 Å². The van der Waals surface area contributed by atoms with Crippen molar-refractivity contribution in [1.82, 2.24) is 10.8 Å². The number of rotatable bonds is 3. The minimum absolute atomic E-state index is 0.0499. The number of hydrogen-bond donors (Lipinski definition) is 3. The lowest BCUT2D eigenvalue weighted by molar-refractivity contribution is -0.134. The Bertz CT molecular complexity index is 229. The molecule has 0 radical (unpaired) electrons. The molecule has 0 aliphatic heterocycles. The second-order valence-corrected chi connectivity index (χ2v) is 3.53. The highest BCUT2D eigenvalue weighted by Gasteiger charge is 2.39. The molecule has 0 spiro atoms. The largest absolute Gasteiger partial charge is 0.344 e. The maximum atomic E-state index is 11.3. The van der Waals surface area contributed by atoms with Gasteiger partial charge >= 0.3 is 0 Å². The average Bonchev–Trinajstić information content (AvgIpc) is 2.81. The van der Waals surface area contributed by atoms with E-state index in [-0.39, 0.29) is 11.8 Å². The van der Waals surface area contributed by atoms with Crippen molar-refractivity contribution in [2.24, 2.45) is 11.8 Å². The van der Waals surface area contributed by atoms with Gasteiger partial charge in [-0.2, -0.15) is 0 Å². The summed E-state index contributed by atoms with van der Waals surface area (Å²) in [5, 5.41) is 10.8. The maximum Gasteiger partial charge on any atom is 0.265 e. The molecule has 0 bridgehead atoms. The van der Waals surface area contributed by atoms with E-state index in [2.05, 4.69) is 5.32 Å². The lowest BCUT2D eigenvalue weighted by Gasteiger charge is -2.10. The summed E-state index contributed by atoms with van der Waals surface area (Å²) in [6, 6.07) is -0.676. The number of carbonyl (C=O) groups excluding carboxylic acids is 2. The molecule has 3 unspecified atom stereocenters. The van der Waals surface area contributed by atoms with Crippen LogP contribution in [0.5, 0.6) is 0 Å². The van der Waals surface area contributed by atoms with E-state index in [1.165, 1.54) is 12.4 Å². The highest BCUT2D eigenvalue weighted by Crippen LogP contribution is 2.37. The first-order valence-electron chi connectivity index (χ1n) is 4.30. The maximum absolute atomic E-state index is 11.3. The molecule has 74 valence electrons. The zero-order chi connectivity index (χ0) is 10.0. The number of amides is 2. The molecule has 13 heavy (non-hydrogen) atoms. The highest BCUT2D eigenvalue weighted by molar-refractivity contribution is 5.88. The van der Waals surface area contributed by atoms with Crippen LogP contribution in [0.15, 0.2) is 0 Å². The van der Waals surface area contributed by atoms with Crippen molar-refractivity contribution in [2.45, 2.75) is 26.3 Å². The third-order valence-electron chi connectivity index (χ3n) is 2.31. The Labute approximate surface area is 76.5 Å². The summed E-state index contributed by atoms with van der Waals surface area (Å²) in [7, 11) is 0. The molecule has 3 atom stereocenters. The lowest BCUT2D eigenvalue weighted by Crippen LogP contribution is -2.44. The van der Waals surface area contributed by atoms with E-state index in [1.807, 2.05) is 6.92 Å². The number of hydroxylamine groups is 1. The van der Waals surface area contributed by atoms with Gasteiger partial charge in [-0.25, -0.2) is 5.48 Å². The molecule has 1 aliphatic rings. The predicted octanol–water partition coefficient (Wildman–Crippen LogP) is -0.347. The minimum atomic E-state index is -0.676. The minimum Gasteiger partial charge on any atom is -0.344 e. The Hall–Kier alpha value is -1.10. The molecule has 5 nitrogen and oxygen atoms in total. The molecule has 1 fully saturated rings.